The number of nitrogens with two attached hydrogens (primary N) is 1. The van der Waals surface area contributed by atoms with Crippen LogP contribution in [0.25, 0.3) is 0 Å². The second-order valence-corrected chi connectivity index (χ2v) is 5.16. The van der Waals surface area contributed by atoms with Crippen molar-refractivity contribution in [2.24, 2.45) is 5.84 Å². The lowest BCUT2D eigenvalue weighted by Crippen LogP contribution is -2.29. The average molecular weight is 284 g/mol. The van der Waals surface area contributed by atoms with Crippen molar-refractivity contribution in [1.82, 2.24) is 5.43 Å². The van der Waals surface area contributed by atoms with E-state index in [1.807, 2.05) is 30.3 Å². The molecule has 0 aliphatic carbocycles. The molecule has 0 aliphatic heterocycles. The molecule has 1 unspecified atom stereocenters. The van der Waals surface area contributed by atoms with Crippen molar-refractivity contribution >= 4 is 0 Å². The molecule has 0 bridgehead atoms. The minimum Gasteiger partial charge on any atom is -0.494 e. The van der Waals surface area contributed by atoms with Gasteiger partial charge in [0.2, 0.25) is 0 Å². The fourth-order valence-corrected chi connectivity index (χ4v) is 2.36. The summed E-state index contributed by atoms with van der Waals surface area (Å²) >= 11 is 0. The van der Waals surface area contributed by atoms with Gasteiger partial charge in [0.25, 0.3) is 0 Å². The van der Waals surface area contributed by atoms with Gasteiger partial charge in [-0.25, -0.2) is 0 Å². The molecule has 0 saturated carbocycles. The number of ether oxygens (including phenoxy) is 1. The summed E-state index contributed by atoms with van der Waals surface area (Å²) < 4.78 is 5.73. The van der Waals surface area contributed by atoms with Gasteiger partial charge in [-0.1, -0.05) is 55.8 Å². The van der Waals surface area contributed by atoms with Gasteiger partial charge in [0, 0.05) is 12.5 Å². The van der Waals surface area contributed by atoms with E-state index >= 15 is 0 Å². The number of hydrazine groups is 1. The third-order valence-corrected chi connectivity index (χ3v) is 3.54. The summed E-state index contributed by atoms with van der Waals surface area (Å²) in [5.41, 5.74) is 5.45. The number of hydrogen-bond acceptors (Lipinski definition) is 3. The summed E-state index contributed by atoms with van der Waals surface area (Å²) in [7, 11) is 0. The van der Waals surface area contributed by atoms with E-state index in [0.717, 1.165) is 18.6 Å². The largest absolute Gasteiger partial charge is 0.494 e. The highest BCUT2D eigenvalue weighted by Gasteiger charge is 2.09. The first-order valence-electron chi connectivity index (χ1n) is 7.56. The van der Waals surface area contributed by atoms with Crippen molar-refractivity contribution in [3.8, 4) is 5.75 Å². The van der Waals surface area contributed by atoms with Crippen LogP contribution in [-0.4, -0.2) is 6.61 Å². The van der Waals surface area contributed by atoms with Gasteiger partial charge in [-0.3, -0.25) is 11.3 Å². The molecule has 0 heterocycles. The van der Waals surface area contributed by atoms with Crippen LogP contribution in [0.5, 0.6) is 5.75 Å². The molecule has 2 aromatic rings. The van der Waals surface area contributed by atoms with Crippen molar-refractivity contribution < 1.29 is 4.74 Å². The standard InChI is InChI=1S/C18H24N2O/c1-2-6-15-9-11-16(12-10-15)18(20-19)13-14-21-17-7-4-3-5-8-17/h3-5,7-12,18,20H,2,6,13-14,19H2,1H3. The van der Waals surface area contributed by atoms with Crippen LogP contribution in [-0.2, 0) is 6.42 Å². The Labute approximate surface area is 127 Å². The van der Waals surface area contributed by atoms with E-state index in [-0.39, 0.29) is 6.04 Å². The molecule has 2 rings (SSSR count). The molecule has 0 radical (unpaired) electrons. The van der Waals surface area contributed by atoms with Gasteiger partial charge in [0.1, 0.15) is 5.75 Å². The zero-order valence-electron chi connectivity index (χ0n) is 12.6. The van der Waals surface area contributed by atoms with Crippen LogP contribution in [0.15, 0.2) is 54.6 Å². The van der Waals surface area contributed by atoms with Crippen LogP contribution in [0.2, 0.25) is 0 Å². The van der Waals surface area contributed by atoms with Gasteiger partial charge in [-0.05, 0) is 29.7 Å². The van der Waals surface area contributed by atoms with Crippen LogP contribution < -0.4 is 16.0 Å². The summed E-state index contributed by atoms with van der Waals surface area (Å²) in [6.45, 7) is 2.83. The lowest BCUT2D eigenvalue weighted by atomic mass is 10.0. The summed E-state index contributed by atoms with van der Waals surface area (Å²) in [5, 5.41) is 0. The Morgan fingerprint density at radius 1 is 1.05 bits per heavy atom. The van der Waals surface area contributed by atoms with Gasteiger partial charge in [0.05, 0.1) is 6.61 Å². The maximum Gasteiger partial charge on any atom is 0.119 e. The van der Waals surface area contributed by atoms with Crippen molar-refractivity contribution in [1.29, 1.82) is 0 Å². The molecular weight excluding hydrogens is 260 g/mol. The molecule has 0 aliphatic rings. The third-order valence-electron chi connectivity index (χ3n) is 3.54. The van der Waals surface area contributed by atoms with Crippen LogP contribution in [0.3, 0.4) is 0 Å². The van der Waals surface area contributed by atoms with E-state index in [2.05, 4.69) is 36.6 Å². The Kier molecular flexibility index (Phi) is 6.25. The Balaban J connectivity index is 1.87. The summed E-state index contributed by atoms with van der Waals surface area (Å²) in [6, 6.07) is 18.6. The number of hydrogen-bond donors (Lipinski definition) is 2. The average Bonchev–Trinajstić information content (AvgIpc) is 2.54. The molecule has 0 saturated heterocycles. The second kappa shape index (κ2) is 8.45. The van der Waals surface area contributed by atoms with Crippen molar-refractivity contribution in [2.75, 3.05) is 6.61 Å². The molecule has 1 atom stereocenters. The van der Waals surface area contributed by atoms with Gasteiger partial charge in [-0.15, -0.1) is 0 Å². The van der Waals surface area contributed by atoms with E-state index in [0.29, 0.717) is 6.61 Å². The van der Waals surface area contributed by atoms with E-state index in [1.165, 1.54) is 17.5 Å². The van der Waals surface area contributed by atoms with Crippen LogP contribution in [0, 0.1) is 0 Å². The molecule has 0 aromatic heterocycles. The number of benzene rings is 2. The molecule has 3 N–H and O–H groups in total. The van der Waals surface area contributed by atoms with E-state index in [1.54, 1.807) is 0 Å². The lowest BCUT2D eigenvalue weighted by molar-refractivity contribution is 0.287. The van der Waals surface area contributed by atoms with Crippen molar-refractivity contribution in [3.05, 3.63) is 65.7 Å². The summed E-state index contributed by atoms with van der Waals surface area (Å²) in [6.07, 6.45) is 3.12. The van der Waals surface area contributed by atoms with E-state index in [9.17, 15) is 0 Å². The fourth-order valence-electron chi connectivity index (χ4n) is 2.36. The maximum absolute atomic E-state index is 5.73. The van der Waals surface area contributed by atoms with Gasteiger partial charge < -0.3 is 4.74 Å². The topological polar surface area (TPSA) is 47.3 Å². The SMILES string of the molecule is CCCc1ccc(C(CCOc2ccccc2)NN)cc1. The predicted octanol–water partition coefficient (Wildman–Crippen LogP) is 3.61. The normalized spacial score (nSPS) is 12.1. The zero-order chi connectivity index (χ0) is 14.9. The number of nitrogens with one attached hydrogen (secondary N) is 1. The first kappa shape index (κ1) is 15.5. The molecule has 0 spiro atoms. The molecule has 2 aromatic carbocycles. The predicted molar refractivity (Wildman–Crippen MR) is 87.1 cm³/mol. The molecule has 0 amide bonds. The smallest absolute Gasteiger partial charge is 0.119 e. The Morgan fingerprint density at radius 3 is 2.38 bits per heavy atom. The number of rotatable bonds is 8. The first-order chi connectivity index (χ1) is 10.3. The highest BCUT2D eigenvalue weighted by molar-refractivity contribution is 5.25. The minimum atomic E-state index is 0.115. The van der Waals surface area contributed by atoms with Gasteiger partial charge in [0.15, 0.2) is 0 Å². The maximum atomic E-state index is 5.73. The fraction of sp³-hybridized carbons (Fsp3) is 0.333. The summed E-state index contributed by atoms with van der Waals surface area (Å²) in [5.74, 6) is 6.57. The van der Waals surface area contributed by atoms with Crippen LogP contribution in [0.4, 0.5) is 0 Å². The molecule has 3 nitrogen and oxygen atoms in total. The van der Waals surface area contributed by atoms with Crippen LogP contribution >= 0.6 is 0 Å². The Bertz CT molecular complexity index is 511. The van der Waals surface area contributed by atoms with Crippen molar-refractivity contribution in [3.63, 3.8) is 0 Å². The monoisotopic (exact) mass is 284 g/mol. The van der Waals surface area contributed by atoms with Crippen LogP contribution in [0.1, 0.15) is 36.9 Å². The second-order valence-electron chi connectivity index (χ2n) is 5.16. The molecular formula is C18H24N2O. The third kappa shape index (κ3) is 4.88. The highest BCUT2D eigenvalue weighted by Crippen LogP contribution is 2.18. The first-order valence-corrected chi connectivity index (χ1v) is 7.56. The van der Waals surface area contributed by atoms with Gasteiger partial charge in [-0.2, -0.15) is 0 Å². The molecule has 3 heteroatoms. The Hall–Kier alpha value is -1.84. The molecule has 21 heavy (non-hydrogen) atoms. The number of aryl methyl sites for hydroxylation is 1. The van der Waals surface area contributed by atoms with E-state index in [4.69, 9.17) is 10.6 Å². The lowest BCUT2D eigenvalue weighted by Gasteiger charge is -2.17. The highest BCUT2D eigenvalue weighted by atomic mass is 16.5. The van der Waals surface area contributed by atoms with Crippen molar-refractivity contribution in [2.45, 2.75) is 32.2 Å². The Morgan fingerprint density at radius 2 is 1.76 bits per heavy atom. The molecule has 112 valence electrons. The van der Waals surface area contributed by atoms with E-state index < -0.39 is 0 Å². The zero-order valence-corrected chi connectivity index (χ0v) is 12.6. The minimum absolute atomic E-state index is 0.115. The molecule has 0 fully saturated rings. The van der Waals surface area contributed by atoms with Gasteiger partial charge >= 0.3 is 0 Å². The summed E-state index contributed by atoms with van der Waals surface area (Å²) in [4.78, 5) is 0. The number of para-hydroxylation sites is 1. The quantitative estimate of drug-likeness (QED) is 0.575.